The van der Waals surface area contributed by atoms with Gasteiger partial charge in [0.25, 0.3) is 5.56 Å². The minimum atomic E-state index is -2.76. The quantitative estimate of drug-likeness (QED) is 0.0599. The van der Waals surface area contributed by atoms with E-state index in [2.05, 4.69) is 78.4 Å². The van der Waals surface area contributed by atoms with Gasteiger partial charge in [0.1, 0.15) is 48.4 Å². The third-order valence-electron chi connectivity index (χ3n) is 12.9. The van der Waals surface area contributed by atoms with Crippen molar-refractivity contribution in [3.63, 3.8) is 0 Å². The average Bonchev–Trinajstić information content (AvgIpc) is 3.57. The normalized spacial score (nSPS) is 19.5. The van der Waals surface area contributed by atoms with Crippen molar-refractivity contribution in [1.29, 1.82) is 0 Å². The zero-order valence-corrected chi connectivity index (χ0v) is 44.5. The van der Waals surface area contributed by atoms with Crippen LogP contribution in [0.5, 0.6) is 5.75 Å². The lowest BCUT2D eigenvalue weighted by Gasteiger charge is -2.44. The van der Waals surface area contributed by atoms with Gasteiger partial charge in [-0.25, -0.2) is 4.79 Å². The molecule has 1 amide bonds. The van der Waals surface area contributed by atoms with Gasteiger partial charge < -0.3 is 49.3 Å². The first-order valence-corrected chi connectivity index (χ1v) is 29.1. The second kappa shape index (κ2) is 23.0. The summed E-state index contributed by atoms with van der Waals surface area (Å²) in [6, 6.07) is 14.9. The summed E-state index contributed by atoms with van der Waals surface area (Å²) in [5.41, 5.74) is 5.39. The number of esters is 2. The van der Waals surface area contributed by atoms with E-state index in [-0.39, 0.29) is 49.2 Å². The highest BCUT2D eigenvalue weighted by Crippen LogP contribution is 2.46. The average molecular weight is 984 g/mol. The molecule has 0 aliphatic carbocycles. The Morgan fingerprint density at radius 1 is 0.824 bits per heavy atom. The van der Waals surface area contributed by atoms with E-state index >= 15 is 0 Å². The number of amides is 1. The molecule has 0 radical (unpaired) electrons. The molecule has 2 aromatic carbocycles. The molecule has 0 spiro atoms. The molecule has 1 saturated heterocycles. The number of hydrogen-bond donors (Lipinski definition) is 4. The molecule has 17 nitrogen and oxygen atoms in total. The largest absolute Gasteiger partial charge is 0.497 e. The number of hydrogen-bond acceptors (Lipinski definition) is 14. The van der Waals surface area contributed by atoms with Gasteiger partial charge in [0.05, 0.1) is 26.1 Å². The summed E-state index contributed by atoms with van der Waals surface area (Å²) in [6.45, 7) is 26.1. The van der Waals surface area contributed by atoms with Gasteiger partial charge in [0.2, 0.25) is 5.91 Å². The molecule has 378 valence electrons. The lowest BCUT2D eigenvalue weighted by molar-refractivity contribution is -0.166. The number of nitrogens with one attached hydrogen (secondary N) is 2. The lowest BCUT2D eigenvalue weighted by atomic mass is 9.99. The van der Waals surface area contributed by atoms with Crippen LogP contribution in [0, 0.1) is 0 Å². The molecule has 5 N–H and O–H groups in total. The van der Waals surface area contributed by atoms with Gasteiger partial charge in [0, 0.05) is 18.8 Å². The van der Waals surface area contributed by atoms with Crippen LogP contribution in [0.1, 0.15) is 92.5 Å². The molecule has 7 atom stereocenters. The predicted octanol–water partition coefficient (Wildman–Crippen LogP) is 5.37. The van der Waals surface area contributed by atoms with Crippen molar-refractivity contribution >= 4 is 34.5 Å². The summed E-state index contributed by atoms with van der Waals surface area (Å²) in [6.07, 6.45) is -4.82. The highest BCUT2D eigenvalue weighted by atomic mass is 28.4. The van der Waals surface area contributed by atoms with Crippen molar-refractivity contribution in [3.8, 4) is 5.75 Å². The summed E-state index contributed by atoms with van der Waals surface area (Å²) in [4.78, 5) is 67.5. The summed E-state index contributed by atoms with van der Waals surface area (Å²) in [7, 11) is -3.94. The molecule has 1 aliphatic heterocycles. The van der Waals surface area contributed by atoms with E-state index in [1.807, 2.05) is 30.3 Å². The number of benzene rings is 2. The lowest BCUT2D eigenvalue weighted by Crippen LogP contribution is -2.59. The number of rotatable bonds is 21. The van der Waals surface area contributed by atoms with E-state index in [1.54, 1.807) is 52.1 Å². The van der Waals surface area contributed by atoms with Crippen LogP contribution in [-0.4, -0.2) is 111 Å². The second-order valence-electron chi connectivity index (χ2n) is 21.5. The first kappa shape index (κ1) is 56.1. The SMILES string of the molecule is COc1ccc(Cn2c(=O)ccn([C@@H]3OC([C@H](O)[C@H](NCCCNC(=O)[C@H](N)CC(=O)OCc4ccccc4)C(=O)OC(C)(C)C)[C@@H](O[Si](C)(C)C(C)(C)C)[C@H]3O[Si](C)(C)C(C)(C)C)c2=O)cc1. The van der Waals surface area contributed by atoms with Gasteiger partial charge in [0.15, 0.2) is 22.9 Å². The molecule has 4 rings (SSSR count). The van der Waals surface area contributed by atoms with Crippen LogP contribution in [0.3, 0.4) is 0 Å². The smallest absolute Gasteiger partial charge is 0.333 e. The Kier molecular flexibility index (Phi) is 18.9. The van der Waals surface area contributed by atoms with Gasteiger partial charge in [-0.2, -0.15) is 0 Å². The summed E-state index contributed by atoms with van der Waals surface area (Å²) >= 11 is 0. The number of aliphatic hydroxyl groups excluding tert-OH is 1. The van der Waals surface area contributed by atoms with Crippen molar-refractivity contribution in [2.24, 2.45) is 5.73 Å². The van der Waals surface area contributed by atoms with Crippen LogP contribution in [0.2, 0.25) is 36.3 Å². The Balaban J connectivity index is 1.68. The third-order valence-corrected chi connectivity index (χ3v) is 21.8. The van der Waals surface area contributed by atoms with E-state index in [9.17, 15) is 29.1 Å². The molecule has 68 heavy (non-hydrogen) atoms. The van der Waals surface area contributed by atoms with Crippen LogP contribution in [0.4, 0.5) is 0 Å². The second-order valence-corrected chi connectivity index (χ2v) is 31.0. The Labute approximate surface area is 403 Å². The first-order chi connectivity index (χ1) is 31.5. The Morgan fingerprint density at radius 3 is 1.97 bits per heavy atom. The predicted molar refractivity (Wildman–Crippen MR) is 265 cm³/mol. The molecule has 19 heteroatoms. The molecular weight excluding hydrogens is 907 g/mol. The minimum absolute atomic E-state index is 0.0444. The van der Waals surface area contributed by atoms with Crippen LogP contribution in [0.25, 0.3) is 0 Å². The van der Waals surface area contributed by atoms with Gasteiger partial charge in [-0.3, -0.25) is 28.3 Å². The molecule has 0 saturated carbocycles. The number of carbonyl (C=O) groups excluding carboxylic acids is 3. The number of aliphatic hydroxyl groups is 1. The molecule has 3 aromatic rings. The standard InChI is InChI=1S/C49H77N5O12Si2/c1-47(2,3)64-45(59)38(51-26-18-27-52-43(58)35(50)29-37(56)62-31-33-19-16-15-17-20-33)39(57)40-41(65-67(11,12)48(4,5)6)42(66-68(13,14)49(7,8)9)44(63-40)53-28-25-36(55)54(46(53)60)30-32-21-23-34(61-10)24-22-32/h15-17,19-25,28,35,38-42,44,51,57H,18,26-27,29-31,50H2,1-14H3,(H,52,58)/t35-,38+,39-,40?,41-,42-,44-/m1/s1. The number of methoxy groups -OCH3 is 1. The summed E-state index contributed by atoms with van der Waals surface area (Å²) < 4.78 is 40.1. The number of nitrogens with zero attached hydrogens (tertiary/aromatic N) is 2. The van der Waals surface area contributed by atoms with Crippen molar-refractivity contribution < 1.29 is 47.3 Å². The van der Waals surface area contributed by atoms with Gasteiger partial charge in [-0.05, 0) is 93.3 Å². The Hall–Kier alpha value is -4.48. The third kappa shape index (κ3) is 15.0. The van der Waals surface area contributed by atoms with E-state index < -0.39 is 94.1 Å². The van der Waals surface area contributed by atoms with Crippen LogP contribution < -0.4 is 32.4 Å². The zero-order valence-electron chi connectivity index (χ0n) is 42.5. The number of aromatic nitrogens is 2. The zero-order chi connectivity index (χ0) is 51.0. The minimum Gasteiger partial charge on any atom is -0.497 e. The van der Waals surface area contributed by atoms with Gasteiger partial charge in [-0.15, -0.1) is 0 Å². The number of nitrogens with two attached hydrogens (primary N) is 1. The summed E-state index contributed by atoms with van der Waals surface area (Å²) in [5.74, 6) is -1.32. The number of carbonyl (C=O) groups is 3. The molecule has 1 unspecified atom stereocenters. The molecule has 2 heterocycles. The van der Waals surface area contributed by atoms with Crippen LogP contribution in [0.15, 0.2) is 76.4 Å². The van der Waals surface area contributed by atoms with E-state index in [1.165, 1.54) is 16.8 Å². The fourth-order valence-corrected chi connectivity index (χ4v) is 9.48. The monoisotopic (exact) mass is 984 g/mol. The maximum Gasteiger partial charge on any atom is 0.333 e. The molecule has 1 aromatic heterocycles. The fourth-order valence-electron chi connectivity index (χ4n) is 6.90. The van der Waals surface area contributed by atoms with Crippen molar-refractivity contribution in [3.05, 3.63) is 98.8 Å². The highest BCUT2D eigenvalue weighted by Gasteiger charge is 2.57. The van der Waals surface area contributed by atoms with Crippen LogP contribution >= 0.6 is 0 Å². The van der Waals surface area contributed by atoms with Crippen molar-refractivity contribution in [2.45, 2.75) is 173 Å². The summed E-state index contributed by atoms with van der Waals surface area (Å²) in [5, 5.41) is 17.9. The van der Waals surface area contributed by atoms with Crippen molar-refractivity contribution in [2.75, 3.05) is 20.2 Å². The maximum absolute atomic E-state index is 14.6. The molecular formula is C49H77N5O12Si2. The Bertz CT molecular complexity index is 2270. The molecule has 1 fully saturated rings. The topological polar surface area (TPSA) is 221 Å². The maximum atomic E-state index is 14.6. The van der Waals surface area contributed by atoms with E-state index in [4.69, 9.17) is 33.5 Å². The molecule has 1 aliphatic rings. The van der Waals surface area contributed by atoms with Crippen molar-refractivity contribution in [1.82, 2.24) is 19.8 Å². The highest BCUT2D eigenvalue weighted by molar-refractivity contribution is 6.74. The van der Waals surface area contributed by atoms with E-state index in [0.29, 0.717) is 11.3 Å². The number of ether oxygens (including phenoxy) is 4. The van der Waals surface area contributed by atoms with Crippen LogP contribution in [-0.2, 0) is 50.6 Å². The Morgan fingerprint density at radius 2 is 1.41 bits per heavy atom. The fraction of sp³-hybridized carbons (Fsp3) is 0.612. The van der Waals surface area contributed by atoms with Gasteiger partial charge in [-0.1, -0.05) is 84.0 Å². The van der Waals surface area contributed by atoms with E-state index in [0.717, 1.165) is 10.1 Å². The van der Waals surface area contributed by atoms with Gasteiger partial charge >= 0.3 is 17.6 Å². The molecule has 0 bridgehead atoms. The first-order valence-electron chi connectivity index (χ1n) is 23.3.